The van der Waals surface area contributed by atoms with Gasteiger partial charge in [0.15, 0.2) is 0 Å². The maximum Gasteiger partial charge on any atom is 0.394 e. The van der Waals surface area contributed by atoms with Crippen LogP contribution >= 0.6 is 0 Å². The second-order valence-corrected chi connectivity index (χ2v) is 4.65. The van der Waals surface area contributed by atoms with Crippen molar-refractivity contribution in [1.29, 1.82) is 0 Å². The fourth-order valence-electron chi connectivity index (χ4n) is 2.30. The van der Waals surface area contributed by atoms with Crippen LogP contribution in [-0.2, 0) is 4.79 Å². The number of hydrogen-bond donors (Lipinski definition) is 1. The second kappa shape index (κ2) is 5.74. The summed E-state index contributed by atoms with van der Waals surface area (Å²) in [6, 6.07) is 1.40. The number of alkyl halides is 3. The molecule has 1 aromatic heterocycles. The number of carboxylic acid groups (broad SMARTS) is 1. The van der Waals surface area contributed by atoms with Gasteiger partial charge in [-0.1, -0.05) is 0 Å². The van der Waals surface area contributed by atoms with Crippen LogP contribution in [0.1, 0.15) is 6.92 Å². The zero-order chi connectivity index (χ0) is 15.6. The van der Waals surface area contributed by atoms with Crippen LogP contribution < -0.4 is 9.64 Å². The molecule has 9 heteroatoms. The summed E-state index contributed by atoms with van der Waals surface area (Å²) in [6.45, 7) is 1.42. The predicted molar refractivity (Wildman–Crippen MR) is 66.1 cm³/mol. The van der Waals surface area contributed by atoms with Crippen molar-refractivity contribution in [3.05, 3.63) is 12.4 Å². The summed E-state index contributed by atoms with van der Waals surface area (Å²) in [5.41, 5.74) is 0. The Labute approximate surface area is 118 Å². The molecule has 2 atom stereocenters. The molecule has 0 radical (unpaired) electrons. The first-order valence-electron chi connectivity index (χ1n) is 6.32. The maximum absolute atomic E-state index is 12.9. The van der Waals surface area contributed by atoms with Crippen LogP contribution in [-0.4, -0.2) is 46.9 Å². The molecule has 0 spiro atoms. The van der Waals surface area contributed by atoms with Crippen molar-refractivity contribution >= 4 is 11.8 Å². The van der Waals surface area contributed by atoms with Gasteiger partial charge in [0, 0.05) is 19.2 Å². The number of rotatable bonds is 4. The van der Waals surface area contributed by atoms with Crippen LogP contribution in [0.5, 0.6) is 5.88 Å². The van der Waals surface area contributed by atoms with Crippen LogP contribution in [0.15, 0.2) is 12.4 Å². The maximum atomic E-state index is 12.9. The Balaban J connectivity index is 2.22. The third-order valence-corrected chi connectivity index (χ3v) is 3.30. The molecule has 2 rings (SSSR count). The van der Waals surface area contributed by atoms with Gasteiger partial charge in [-0.15, -0.1) is 0 Å². The van der Waals surface area contributed by atoms with Crippen LogP contribution in [0.4, 0.5) is 19.0 Å². The average Bonchev–Trinajstić information content (AvgIpc) is 2.84. The highest BCUT2D eigenvalue weighted by Crippen LogP contribution is 2.39. The molecule has 1 aliphatic heterocycles. The molecule has 116 valence electrons. The zero-order valence-corrected chi connectivity index (χ0v) is 11.2. The van der Waals surface area contributed by atoms with Gasteiger partial charge in [0.2, 0.25) is 5.88 Å². The van der Waals surface area contributed by atoms with E-state index in [1.54, 1.807) is 6.92 Å². The summed E-state index contributed by atoms with van der Waals surface area (Å²) in [5.74, 6) is -4.41. The Morgan fingerprint density at radius 1 is 1.48 bits per heavy atom. The third kappa shape index (κ3) is 3.34. The Kier molecular flexibility index (Phi) is 4.19. The molecular formula is C12H14F3N3O3. The van der Waals surface area contributed by atoms with Crippen LogP contribution in [0.2, 0.25) is 0 Å². The molecule has 0 unspecified atom stereocenters. The fourth-order valence-corrected chi connectivity index (χ4v) is 2.30. The highest BCUT2D eigenvalue weighted by atomic mass is 19.4. The van der Waals surface area contributed by atoms with Gasteiger partial charge in [0.25, 0.3) is 0 Å². The Morgan fingerprint density at radius 2 is 2.19 bits per heavy atom. The highest BCUT2D eigenvalue weighted by Gasteiger charge is 2.52. The molecule has 0 amide bonds. The molecule has 0 aromatic carbocycles. The topological polar surface area (TPSA) is 75.5 Å². The summed E-state index contributed by atoms with van der Waals surface area (Å²) in [6.07, 6.45) is -3.38. The number of carboxylic acids is 1. The van der Waals surface area contributed by atoms with Crippen molar-refractivity contribution in [1.82, 2.24) is 9.97 Å². The van der Waals surface area contributed by atoms with Crippen molar-refractivity contribution in [2.24, 2.45) is 11.8 Å². The number of nitrogens with zero attached hydrogens (tertiary/aromatic N) is 3. The molecule has 1 N–H and O–H groups in total. The predicted octanol–water partition coefficient (Wildman–Crippen LogP) is 1.57. The summed E-state index contributed by atoms with van der Waals surface area (Å²) in [4.78, 5) is 20.0. The van der Waals surface area contributed by atoms with E-state index in [0.717, 1.165) is 0 Å². The lowest BCUT2D eigenvalue weighted by atomic mass is 9.96. The SMILES string of the molecule is CCOc1cc(N2C[C@@H](C(F)(F)F)[C@H](C(=O)O)C2)ncn1. The third-order valence-electron chi connectivity index (χ3n) is 3.30. The Hall–Kier alpha value is -2.06. The second-order valence-electron chi connectivity index (χ2n) is 4.65. The van der Waals surface area contributed by atoms with Crippen molar-refractivity contribution in [2.75, 3.05) is 24.6 Å². The van der Waals surface area contributed by atoms with Crippen molar-refractivity contribution in [3.63, 3.8) is 0 Å². The number of carbonyl (C=O) groups is 1. The minimum Gasteiger partial charge on any atom is -0.481 e. The van der Waals surface area contributed by atoms with E-state index < -0.39 is 30.5 Å². The van der Waals surface area contributed by atoms with Gasteiger partial charge in [0.05, 0.1) is 18.4 Å². The number of anilines is 1. The van der Waals surface area contributed by atoms with Crippen molar-refractivity contribution < 1.29 is 27.8 Å². The molecule has 1 aliphatic rings. The highest BCUT2D eigenvalue weighted by molar-refractivity contribution is 5.72. The quantitative estimate of drug-likeness (QED) is 0.910. The van der Waals surface area contributed by atoms with Gasteiger partial charge in [-0.3, -0.25) is 4.79 Å². The molecule has 6 nitrogen and oxygen atoms in total. The molecular weight excluding hydrogens is 291 g/mol. The first kappa shape index (κ1) is 15.3. The van der Waals surface area contributed by atoms with Crippen molar-refractivity contribution in [3.8, 4) is 5.88 Å². The fraction of sp³-hybridized carbons (Fsp3) is 0.583. The largest absolute Gasteiger partial charge is 0.481 e. The Bertz CT molecular complexity index is 524. The molecule has 21 heavy (non-hydrogen) atoms. The van der Waals surface area contributed by atoms with E-state index in [9.17, 15) is 18.0 Å². The molecule has 0 saturated carbocycles. The average molecular weight is 305 g/mol. The van der Waals surface area contributed by atoms with E-state index >= 15 is 0 Å². The smallest absolute Gasteiger partial charge is 0.394 e. The lowest BCUT2D eigenvalue weighted by Crippen LogP contribution is -2.33. The molecule has 2 heterocycles. The van der Waals surface area contributed by atoms with Gasteiger partial charge in [0.1, 0.15) is 12.1 Å². The number of hydrogen-bond acceptors (Lipinski definition) is 5. The standard InChI is InChI=1S/C12H14F3N3O3/c1-2-21-10-3-9(16-6-17-10)18-4-7(11(19)20)8(5-18)12(13,14)15/h3,6-8H,2,4-5H2,1H3,(H,19,20)/t7-,8-/m1/s1. The van der Waals surface area contributed by atoms with E-state index in [1.165, 1.54) is 17.3 Å². The summed E-state index contributed by atoms with van der Waals surface area (Å²) in [7, 11) is 0. The minimum atomic E-state index is -4.56. The molecule has 0 aliphatic carbocycles. The first-order valence-corrected chi connectivity index (χ1v) is 6.32. The lowest BCUT2D eigenvalue weighted by molar-refractivity contribution is -0.187. The van der Waals surface area contributed by atoms with Gasteiger partial charge >= 0.3 is 12.1 Å². The van der Waals surface area contributed by atoms with Crippen molar-refractivity contribution in [2.45, 2.75) is 13.1 Å². The number of halogens is 3. The van der Waals surface area contributed by atoms with Gasteiger partial charge < -0.3 is 14.7 Å². The zero-order valence-electron chi connectivity index (χ0n) is 11.2. The van der Waals surface area contributed by atoms with Crippen LogP contribution in [0, 0.1) is 11.8 Å². The van der Waals surface area contributed by atoms with Crippen LogP contribution in [0.3, 0.4) is 0 Å². The van der Waals surface area contributed by atoms with Gasteiger partial charge in [-0.05, 0) is 6.92 Å². The van der Waals surface area contributed by atoms with E-state index in [-0.39, 0.29) is 18.2 Å². The van der Waals surface area contributed by atoms with E-state index in [0.29, 0.717) is 6.61 Å². The van der Waals surface area contributed by atoms with E-state index in [1.807, 2.05) is 0 Å². The number of aliphatic carboxylic acids is 1. The van der Waals surface area contributed by atoms with Gasteiger partial charge in [-0.2, -0.15) is 13.2 Å². The van der Waals surface area contributed by atoms with E-state index in [2.05, 4.69) is 9.97 Å². The monoisotopic (exact) mass is 305 g/mol. The molecule has 1 fully saturated rings. The summed E-state index contributed by atoms with van der Waals surface area (Å²) in [5, 5.41) is 8.97. The minimum absolute atomic E-state index is 0.228. The molecule has 1 aromatic rings. The van der Waals surface area contributed by atoms with Crippen LogP contribution in [0.25, 0.3) is 0 Å². The Morgan fingerprint density at radius 3 is 2.71 bits per heavy atom. The number of aromatic nitrogens is 2. The lowest BCUT2D eigenvalue weighted by Gasteiger charge is -2.19. The number of ether oxygens (including phenoxy) is 1. The summed E-state index contributed by atoms with van der Waals surface area (Å²) < 4.78 is 43.9. The summed E-state index contributed by atoms with van der Waals surface area (Å²) >= 11 is 0. The molecule has 0 bridgehead atoms. The normalized spacial score (nSPS) is 22.4. The molecule has 1 saturated heterocycles. The van der Waals surface area contributed by atoms with Gasteiger partial charge in [-0.25, -0.2) is 9.97 Å². The van der Waals surface area contributed by atoms with E-state index in [4.69, 9.17) is 9.84 Å². The first-order chi connectivity index (χ1) is 9.82.